The molecule has 0 fully saturated rings. The molecule has 0 aromatic carbocycles. The predicted molar refractivity (Wildman–Crippen MR) is 56.7 cm³/mol. The third-order valence-electron chi connectivity index (χ3n) is 2.27. The number of carboxylic acid groups (broad SMARTS) is 2. The summed E-state index contributed by atoms with van der Waals surface area (Å²) in [5, 5.41) is 17.3. The van der Waals surface area contributed by atoms with Gasteiger partial charge in [-0.15, -0.1) is 6.58 Å². The van der Waals surface area contributed by atoms with Gasteiger partial charge in [-0.2, -0.15) is 0 Å². The van der Waals surface area contributed by atoms with Crippen LogP contribution in [-0.2, 0) is 9.59 Å². The number of hydrogen-bond acceptors (Lipinski definition) is 2. The number of hydrogen-bond donors (Lipinski definition) is 2. The summed E-state index contributed by atoms with van der Waals surface area (Å²) in [6.07, 6.45) is 5.11. The average molecular weight is 214 g/mol. The molecule has 2 N–H and O–H groups in total. The Labute approximate surface area is 89.6 Å². The maximum Gasteiger partial charge on any atom is 0.306 e. The summed E-state index contributed by atoms with van der Waals surface area (Å²) in [7, 11) is 0. The van der Waals surface area contributed by atoms with E-state index in [0.29, 0.717) is 6.42 Å². The van der Waals surface area contributed by atoms with Crippen molar-refractivity contribution in [3.8, 4) is 0 Å². The van der Waals surface area contributed by atoms with Gasteiger partial charge >= 0.3 is 11.9 Å². The van der Waals surface area contributed by atoms with Crippen molar-refractivity contribution in [3.05, 3.63) is 12.7 Å². The highest BCUT2D eigenvalue weighted by atomic mass is 16.4. The van der Waals surface area contributed by atoms with E-state index in [-0.39, 0.29) is 12.8 Å². The number of unbranched alkanes of at least 4 members (excludes halogenated alkanes) is 2. The largest absolute Gasteiger partial charge is 0.481 e. The molecule has 1 atom stereocenters. The Morgan fingerprint density at radius 1 is 1.20 bits per heavy atom. The fourth-order valence-electron chi connectivity index (χ4n) is 1.37. The molecule has 15 heavy (non-hydrogen) atoms. The minimum atomic E-state index is -0.938. The van der Waals surface area contributed by atoms with Gasteiger partial charge in [-0.3, -0.25) is 9.59 Å². The maximum atomic E-state index is 10.8. The third-order valence-corrected chi connectivity index (χ3v) is 2.27. The molecule has 86 valence electrons. The molecule has 0 amide bonds. The number of rotatable bonds is 9. The van der Waals surface area contributed by atoms with Crippen molar-refractivity contribution in [1.29, 1.82) is 0 Å². The topological polar surface area (TPSA) is 74.6 Å². The van der Waals surface area contributed by atoms with E-state index in [1.54, 1.807) is 6.08 Å². The van der Waals surface area contributed by atoms with Crippen LogP contribution in [0, 0.1) is 5.92 Å². The van der Waals surface area contributed by atoms with E-state index in [0.717, 1.165) is 19.3 Å². The van der Waals surface area contributed by atoms with Gasteiger partial charge in [0.1, 0.15) is 0 Å². The Balaban J connectivity index is 3.78. The number of carboxylic acids is 2. The monoisotopic (exact) mass is 214 g/mol. The highest BCUT2D eigenvalue weighted by molar-refractivity contribution is 5.72. The summed E-state index contributed by atoms with van der Waals surface area (Å²) >= 11 is 0. The van der Waals surface area contributed by atoms with Gasteiger partial charge in [-0.1, -0.05) is 12.5 Å². The lowest BCUT2D eigenvalue weighted by molar-refractivity contribution is -0.143. The van der Waals surface area contributed by atoms with Gasteiger partial charge in [0.15, 0.2) is 0 Å². The number of allylic oxidation sites excluding steroid dienone is 1. The van der Waals surface area contributed by atoms with Crippen molar-refractivity contribution in [2.75, 3.05) is 0 Å². The van der Waals surface area contributed by atoms with Crippen molar-refractivity contribution in [1.82, 2.24) is 0 Å². The first-order valence-corrected chi connectivity index (χ1v) is 5.13. The second-order valence-electron chi connectivity index (χ2n) is 3.54. The van der Waals surface area contributed by atoms with Crippen LogP contribution in [-0.4, -0.2) is 22.2 Å². The van der Waals surface area contributed by atoms with Gasteiger partial charge < -0.3 is 10.2 Å². The normalized spacial score (nSPS) is 12.0. The molecule has 0 heterocycles. The van der Waals surface area contributed by atoms with Gasteiger partial charge in [0.25, 0.3) is 0 Å². The van der Waals surface area contributed by atoms with E-state index < -0.39 is 17.9 Å². The quantitative estimate of drug-likeness (QED) is 0.456. The van der Waals surface area contributed by atoms with Crippen LogP contribution >= 0.6 is 0 Å². The minimum Gasteiger partial charge on any atom is -0.481 e. The highest BCUT2D eigenvalue weighted by Crippen LogP contribution is 2.16. The summed E-state index contributed by atoms with van der Waals surface area (Å²) in [6.45, 7) is 3.58. The van der Waals surface area contributed by atoms with Crippen LogP contribution in [0.2, 0.25) is 0 Å². The van der Waals surface area contributed by atoms with Crippen LogP contribution in [0.15, 0.2) is 12.7 Å². The van der Waals surface area contributed by atoms with E-state index >= 15 is 0 Å². The molecule has 4 nitrogen and oxygen atoms in total. The molecule has 0 aliphatic heterocycles. The summed E-state index contributed by atoms with van der Waals surface area (Å²) in [4.78, 5) is 21.1. The van der Waals surface area contributed by atoms with Crippen LogP contribution in [0.5, 0.6) is 0 Å². The highest BCUT2D eigenvalue weighted by Gasteiger charge is 2.17. The minimum absolute atomic E-state index is 0.0710. The van der Waals surface area contributed by atoms with E-state index in [1.807, 2.05) is 0 Å². The summed E-state index contributed by atoms with van der Waals surface area (Å²) in [6, 6.07) is 0. The first-order chi connectivity index (χ1) is 7.07. The Kier molecular flexibility index (Phi) is 7.32. The molecular weight excluding hydrogens is 196 g/mol. The van der Waals surface area contributed by atoms with Crippen LogP contribution in [0.1, 0.15) is 38.5 Å². The van der Waals surface area contributed by atoms with Gasteiger partial charge in [0.05, 0.1) is 5.92 Å². The molecule has 0 radical (unpaired) electrons. The molecule has 0 aromatic heterocycles. The Bertz CT molecular complexity index is 223. The second kappa shape index (κ2) is 8.03. The van der Waals surface area contributed by atoms with Crippen LogP contribution in [0.25, 0.3) is 0 Å². The van der Waals surface area contributed by atoms with Crippen molar-refractivity contribution in [2.45, 2.75) is 38.5 Å². The van der Waals surface area contributed by atoms with Crippen molar-refractivity contribution in [3.63, 3.8) is 0 Å². The summed E-state index contributed by atoms with van der Waals surface area (Å²) in [5.41, 5.74) is 0. The van der Waals surface area contributed by atoms with Crippen molar-refractivity contribution < 1.29 is 19.8 Å². The van der Waals surface area contributed by atoms with Crippen LogP contribution in [0.4, 0.5) is 0 Å². The molecular formula is C11H18O4. The lowest BCUT2D eigenvalue weighted by Gasteiger charge is -2.09. The van der Waals surface area contributed by atoms with Crippen molar-refractivity contribution in [2.24, 2.45) is 5.92 Å². The molecule has 0 saturated carbocycles. The summed E-state index contributed by atoms with van der Waals surface area (Å²) in [5.74, 6) is -2.35. The number of carbonyl (C=O) groups is 2. The molecule has 1 unspecified atom stereocenters. The van der Waals surface area contributed by atoms with Gasteiger partial charge in [0, 0.05) is 6.42 Å². The molecule has 0 aromatic rings. The first kappa shape index (κ1) is 13.7. The zero-order valence-electron chi connectivity index (χ0n) is 8.82. The van der Waals surface area contributed by atoms with Gasteiger partial charge in [-0.05, 0) is 25.7 Å². The lowest BCUT2D eigenvalue weighted by atomic mass is 9.96. The Morgan fingerprint density at radius 2 is 1.87 bits per heavy atom. The first-order valence-electron chi connectivity index (χ1n) is 5.13. The molecule has 0 rings (SSSR count). The van der Waals surface area contributed by atoms with E-state index in [2.05, 4.69) is 6.58 Å². The second-order valence-corrected chi connectivity index (χ2v) is 3.54. The van der Waals surface area contributed by atoms with Crippen molar-refractivity contribution >= 4 is 11.9 Å². The van der Waals surface area contributed by atoms with Crippen LogP contribution in [0.3, 0.4) is 0 Å². The van der Waals surface area contributed by atoms with Gasteiger partial charge in [0.2, 0.25) is 0 Å². The van der Waals surface area contributed by atoms with Crippen LogP contribution < -0.4 is 0 Å². The molecule has 0 aliphatic carbocycles. The number of aliphatic carboxylic acids is 2. The zero-order chi connectivity index (χ0) is 11.7. The molecule has 0 saturated heterocycles. The van der Waals surface area contributed by atoms with E-state index in [1.165, 1.54) is 0 Å². The molecule has 0 spiro atoms. The fourth-order valence-corrected chi connectivity index (χ4v) is 1.37. The van der Waals surface area contributed by atoms with E-state index in [4.69, 9.17) is 10.2 Å². The SMILES string of the molecule is C=CCCCCC(CCC(=O)O)C(=O)O. The standard InChI is InChI=1S/C11H18O4/c1-2-3-4-5-6-9(11(14)15)7-8-10(12)13/h2,9H,1,3-8H2,(H,12,13)(H,14,15). The third kappa shape index (κ3) is 7.73. The Morgan fingerprint density at radius 3 is 2.33 bits per heavy atom. The maximum absolute atomic E-state index is 10.8. The summed E-state index contributed by atoms with van der Waals surface area (Å²) < 4.78 is 0. The smallest absolute Gasteiger partial charge is 0.306 e. The van der Waals surface area contributed by atoms with E-state index in [9.17, 15) is 9.59 Å². The Hall–Kier alpha value is -1.32. The predicted octanol–water partition coefficient (Wildman–Crippen LogP) is 2.30. The zero-order valence-corrected chi connectivity index (χ0v) is 8.82. The fraction of sp³-hybridized carbons (Fsp3) is 0.636. The molecule has 4 heteroatoms. The molecule has 0 bridgehead atoms. The lowest BCUT2D eigenvalue weighted by Crippen LogP contribution is -2.15. The molecule has 0 aliphatic rings. The average Bonchev–Trinajstić information content (AvgIpc) is 2.15. The van der Waals surface area contributed by atoms with Gasteiger partial charge in [-0.25, -0.2) is 0 Å².